The van der Waals surface area contributed by atoms with Crippen molar-refractivity contribution in [3.8, 4) is 11.5 Å². The van der Waals surface area contributed by atoms with Gasteiger partial charge in [-0.1, -0.05) is 37.4 Å². The van der Waals surface area contributed by atoms with Gasteiger partial charge in [0.2, 0.25) is 0 Å². The molecule has 0 bridgehead atoms. The van der Waals surface area contributed by atoms with E-state index in [1.807, 2.05) is 0 Å². The summed E-state index contributed by atoms with van der Waals surface area (Å²) in [5.41, 5.74) is 2.59. The van der Waals surface area contributed by atoms with E-state index in [0.717, 1.165) is 11.1 Å². The molecule has 7 nitrogen and oxygen atoms in total. The molecule has 32 heavy (non-hydrogen) atoms. The Morgan fingerprint density at radius 1 is 0.719 bits per heavy atom. The molecule has 2 aromatic carbocycles. The number of carbonyl (C=O) groups is 2. The van der Waals surface area contributed by atoms with E-state index in [-0.39, 0.29) is 13.2 Å². The molecule has 0 aliphatic rings. The molecule has 0 heterocycles. The fourth-order valence-corrected chi connectivity index (χ4v) is 3.02. The van der Waals surface area contributed by atoms with Crippen LogP contribution in [0.1, 0.15) is 25.0 Å². The Hall–Kier alpha value is -3.44. The average Bonchev–Trinajstić information content (AvgIpc) is 2.75. The van der Waals surface area contributed by atoms with Gasteiger partial charge in [0, 0.05) is 28.6 Å². The highest BCUT2D eigenvalue weighted by atomic mass is 31.1. The van der Waals surface area contributed by atoms with Crippen LogP contribution in [-0.4, -0.2) is 25.2 Å². The van der Waals surface area contributed by atoms with E-state index in [1.165, 1.54) is 0 Å². The minimum atomic E-state index is -2.41. The molecule has 0 atom stereocenters. The van der Waals surface area contributed by atoms with E-state index < -0.39 is 20.2 Å². The van der Waals surface area contributed by atoms with Crippen LogP contribution in [-0.2, 0) is 36.5 Å². The van der Waals surface area contributed by atoms with E-state index in [2.05, 4.69) is 13.2 Å². The van der Waals surface area contributed by atoms with Crippen molar-refractivity contribution in [2.75, 3.05) is 13.2 Å². The molecule has 0 amide bonds. The average molecular weight is 457 g/mol. The third-order valence-electron chi connectivity index (χ3n) is 4.15. The lowest BCUT2D eigenvalue weighted by Crippen LogP contribution is -2.07. The first-order valence-electron chi connectivity index (χ1n) is 9.91. The summed E-state index contributed by atoms with van der Waals surface area (Å²) in [4.78, 5) is 22.7. The monoisotopic (exact) mass is 457 g/mol. The molecular formula is C24H26O7P+. The number of hydrogen-bond acceptors (Lipinski definition) is 7. The summed E-state index contributed by atoms with van der Waals surface area (Å²) in [6.45, 7) is 10.7. The molecule has 0 saturated carbocycles. The van der Waals surface area contributed by atoms with Gasteiger partial charge in [-0.25, -0.2) is 18.6 Å². The second-order valence-electron chi connectivity index (χ2n) is 7.03. The second kappa shape index (κ2) is 12.4. The summed E-state index contributed by atoms with van der Waals surface area (Å²) >= 11 is 0. The molecule has 0 radical (unpaired) electrons. The minimum Gasteiger partial charge on any atom is -0.462 e. The van der Waals surface area contributed by atoms with Crippen molar-refractivity contribution in [3.63, 3.8) is 0 Å². The van der Waals surface area contributed by atoms with Gasteiger partial charge in [-0.05, 0) is 49.2 Å². The van der Waals surface area contributed by atoms with Gasteiger partial charge in [0.1, 0.15) is 0 Å². The summed E-state index contributed by atoms with van der Waals surface area (Å²) in [6, 6.07) is 13.9. The van der Waals surface area contributed by atoms with Crippen molar-refractivity contribution in [2.24, 2.45) is 0 Å². The van der Waals surface area contributed by atoms with Gasteiger partial charge in [0.15, 0.2) is 11.5 Å². The van der Waals surface area contributed by atoms with Gasteiger partial charge < -0.3 is 9.47 Å². The van der Waals surface area contributed by atoms with Crippen LogP contribution in [0, 0.1) is 0 Å². The van der Waals surface area contributed by atoms with Crippen LogP contribution in [0.4, 0.5) is 0 Å². The highest BCUT2D eigenvalue weighted by molar-refractivity contribution is 7.34. The molecule has 2 aromatic rings. The predicted octanol–water partition coefficient (Wildman–Crippen LogP) is 5.13. The summed E-state index contributed by atoms with van der Waals surface area (Å²) in [5.74, 6) is -0.0498. The smallest absolute Gasteiger partial charge is 0.462 e. The Kier molecular flexibility index (Phi) is 9.64. The molecule has 2 rings (SSSR count). The standard InChI is InChI=1S/C24H26O7P/c1-17(2)23(25)28-15-13-19-5-9-21(10-6-19)30-32(27)31-22-11-7-20(8-12-22)14-16-29-24(26)18(3)4/h5-12H,1,3,13-16H2,2,4H3/q+1. The fourth-order valence-electron chi connectivity index (χ4n) is 2.39. The number of benzene rings is 2. The van der Waals surface area contributed by atoms with E-state index >= 15 is 0 Å². The lowest BCUT2D eigenvalue weighted by Gasteiger charge is -2.05. The highest BCUT2D eigenvalue weighted by Crippen LogP contribution is 2.30. The maximum Gasteiger partial charge on any atom is 0.805 e. The number of carbonyl (C=O) groups excluding carboxylic acids is 2. The van der Waals surface area contributed by atoms with E-state index in [4.69, 9.17) is 18.5 Å². The van der Waals surface area contributed by atoms with E-state index in [1.54, 1.807) is 62.4 Å². The van der Waals surface area contributed by atoms with Gasteiger partial charge in [0.05, 0.1) is 13.2 Å². The van der Waals surface area contributed by atoms with Crippen molar-refractivity contribution in [1.29, 1.82) is 0 Å². The Bertz CT molecular complexity index is 899. The molecule has 8 heteroatoms. The lowest BCUT2D eigenvalue weighted by molar-refractivity contribution is -0.139. The Balaban J connectivity index is 1.76. The van der Waals surface area contributed by atoms with Gasteiger partial charge in [-0.3, -0.25) is 0 Å². The molecule has 0 aromatic heterocycles. The number of rotatable bonds is 12. The third kappa shape index (κ3) is 8.74. The maximum atomic E-state index is 12.1. The molecule has 0 N–H and O–H groups in total. The molecule has 0 spiro atoms. The molecule has 0 fully saturated rings. The van der Waals surface area contributed by atoms with E-state index in [9.17, 15) is 14.2 Å². The van der Waals surface area contributed by atoms with Crippen LogP contribution in [0.5, 0.6) is 11.5 Å². The first kappa shape index (κ1) is 24.8. The summed E-state index contributed by atoms with van der Waals surface area (Å²) in [6.07, 6.45) is 1.08. The number of esters is 2. The first-order valence-corrected chi connectivity index (χ1v) is 11.0. The molecule has 0 aliphatic heterocycles. The van der Waals surface area contributed by atoms with Gasteiger partial charge >= 0.3 is 20.2 Å². The Labute approximate surface area is 188 Å². The Morgan fingerprint density at radius 2 is 1.06 bits per heavy atom. The maximum absolute atomic E-state index is 12.1. The second-order valence-corrected chi connectivity index (χ2v) is 7.84. The van der Waals surface area contributed by atoms with Crippen LogP contribution in [0.25, 0.3) is 0 Å². The van der Waals surface area contributed by atoms with Crippen LogP contribution in [0.15, 0.2) is 72.8 Å². The summed E-state index contributed by atoms with van der Waals surface area (Å²) < 4.78 is 32.9. The van der Waals surface area contributed by atoms with Gasteiger partial charge in [0.25, 0.3) is 0 Å². The number of hydrogen-bond donors (Lipinski definition) is 0. The van der Waals surface area contributed by atoms with Crippen molar-refractivity contribution in [2.45, 2.75) is 26.7 Å². The van der Waals surface area contributed by atoms with Crippen LogP contribution >= 0.6 is 8.25 Å². The number of ether oxygens (including phenoxy) is 2. The molecule has 0 unspecified atom stereocenters. The van der Waals surface area contributed by atoms with E-state index in [0.29, 0.717) is 35.5 Å². The van der Waals surface area contributed by atoms with Crippen molar-refractivity contribution in [1.82, 2.24) is 0 Å². The topological polar surface area (TPSA) is 88.1 Å². The third-order valence-corrected chi connectivity index (χ3v) is 4.87. The van der Waals surface area contributed by atoms with Crippen molar-refractivity contribution in [3.05, 3.63) is 84.0 Å². The lowest BCUT2D eigenvalue weighted by atomic mass is 10.1. The minimum absolute atomic E-state index is 0.246. The van der Waals surface area contributed by atoms with Crippen molar-refractivity contribution < 1.29 is 32.7 Å². The summed E-state index contributed by atoms with van der Waals surface area (Å²) in [5, 5.41) is 0. The van der Waals surface area contributed by atoms with Gasteiger partial charge in [-0.2, -0.15) is 0 Å². The highest BCUT2D eigenvalue weighted by Gasteiger charge is 2.24. The Morgan fingerprint density at radius 3 is 1.38 bits per heavy atom. The molecular weight excluding hydrogens is 431 g/mol. The van der Waals surface area contributed by atoms with Crippen molar-refractivity contribution >= 4 is 20.2 Å². The normalized spacial score (nSPS) is 10.1. The van der Waals surface area contributed by atoms with Crippen LogP contribution in [0.2, 0.25) is 0 Å². The zero-order valence-electron chi connectivity index (χ0n) is 18.2. The zero-order valence-corrected chi connectivity index (χ0v) is 19.1. The molecule has 0 aliphatic carbocycles. The quantitative estimate of drug-likeness (QED) is 0.248. The summed E-state index contributed by atoms with van der Waals surface area (Å²) in [7, 11) is -2.41. The molecule has 168 valence electrons. The molecule has 0 saturated heterocycles. The van der Waals surface area contributed by atoms with Crippen LogP contribution < -0.4 is 9.05 Å². The first-order chi connectivity index (χ1) is 15.2. The fraction of sp³-hybridized carbons (Fsp3) is 0.250. The SMILES string of the molecule is C=C(C)C(=O)OCCc1ccc(O[P+](=O)Oc2ccc(CCOC(=O)C(=C)C)cc2)cc1. The van der Waals surface area contributed by atoms with Crippen LogP contribution in [0.3, 0.4) is 0 Å². The largest absolute Gasteiger partial charge is 0.805 e. The zero-order chi connectivity index (χ0) is 23.5. The van der Waals surface area contributed by atoms with Gasteiger partial charge in [-0.15, -0.1) is 0 Å². The predicted molar refractivity (Wildman–Crippen MR) is 121 cm³/mol.